The van der Waals surface area contributed by atoms with Gasteiger partial charge >= 0.3 is 0 Å². The second-order valence-electron chi connectivity index (χ2n) is 11.3. The normalized spacial score (nSPS) is 12.6. The van der Waals surface area contributed by atoms with E-state index < -0.39 is 0 Å². The summed E-state index contributed by atoms with van der Waals surface area (Å²) in [6.45, 7) is 16.7. The maximum atomic E-state index is 9.42. The van der Waals surface area contributed by atoms with Crippen LogP contribution in [0.1, 0.15) is 52.7 Å². The van der Waals surface area contributed by atoms with Crippen molar-refractivity contribution < 1.29 is 10.2 Å². The Balaban J connectivity index is 1.99. The van der Waals surface area contributed by atoms with Crippen molar-refractivity contribution in [2.45, 2.75) is 41.5 Å². The smallest absolute Gasteiger partial charge is 0.0606 e. The van der Waals surface area contributed by atoms with Crippen LogP contribution < -0.4 is 9.80 Å². The Hall–Kier alpha value is -2.56. The summed E-state index contributed by atoms with van der Waals surface area (Å²) in [5.74, 6) is 0. The largest absolute Gasteiger partial charge is 0.395 e. The van der Waals surface area contributed by atoms with E-state index in [4.69, 9.17) is 0 Å². The van der Waals surface area contributed by atoms with Gasteiger partial charge in [-0.3, -0.25) is 0 Å². The lowest BCUT2D eigenvalue weighted by Crippen LogP contribution is -2.34. The highest BCUT2D eigenvalue weighted by Gasteiger charge is 2.17. The first-order valence-electron chi connectivity index (χ1n) is 12.3. The Morgan fingerprint density at radius 2 is 0.912 bits per heavy atom. The van der Waals surface area contributed by atoms with Crippen molar-refractivity contribution in [2.75, 3.05) is 49.2 Å². The number of nitrogens with zero attached hydrogens (tertiary/aromatic N) is 2. The molecule has 2 aromatic carbocycles. The van der Waals surface area contributed by atoms with Crippen molar-refractivity contribution in [3.63, 3.8) is 0 Å². The molecule has 0 fully saturated rings. The average Bonchev–Trinajstić information content (AvgIpc) is 2.75. The van der Waals surface area contributed by atoms with Gasteiger partial charge in [0, 0.05) is 37.6 Å². The Labute approximate surface area is 207 Å². The Bertz CT molecular complexity index is 823. The lowest BCUT2D eigenvalue weighted by atomic mass is 9.95. The number of allylic oxidation sites excluding steroid dienone is 2. The Kier molecular flexibility index (Phi) is 10.4. The minimum absolute atomic E-state index is 0.152. The van der Waals surface area contributed by atoms with Crippen LogP contribution in [0.2, 0.25) is 0 Å². The zero-order chi connectivity index (χ0) is 25.2. The molecule has 2 aromatic rings. The summed E-state index contributed by atoms with van der Waals surface area (Å²) in [5.41, 5.74) is 4.90. The minimum Gasteiger partial charge on any atom is -0.395 e. The number of benzene rings is 2. The van der Waals surface area contributed by atoms with Crippen molar-refractivity contribution in [1.29, 1.82) is 0 Å². The standard InChI is InChI=1S/C30H44N2O2/c1-29(2,3)23-31(19-21-33)27-15-11-25(12-16-27)9-7-8-10-26-13-17-28(18-14-26)32(20-22-34)24-30(4,5)6/h7-18,33-34H,19-24H2,1-6H3/b9-7+,10-8+. The van der Waals surface area contributed by atoms with Gasteiger partial charge < -0.3 is 20.0 Å². The van der Waals surface area contributed by atoms with E-state index in [1.54, 1.807) is 0 Å². The molecule has 34 heavy (non-hydrogen) atoms. The fraction of sp³-hybridized carbons (Fsp3) is 0.467. The van der Waals surface area contributed by atoms with Gasteiger partial charge in [-0.05, 0) is 46.2 Å². The van der Waals surface area contributed by atoms with E-state index in [1.165, 1.54) is 0 Å². The third-order valence-electron chi connectivity index (χ3n) is 5.28. The molecule has 0 bridgehead atoms. The van der Waals surface area contributed by atoms with Crippen LogP contribution in [0.3, 0.4) is 0 Å². The third-order valence-corrected chi connectivity index (χ3v) is 5.28. The number of rotatable bonds is 11. The first kappa shape index (κ1) is 27.7. The van der Waals surface area contributed by atoms with E-state index in [9.17, 15) is 10.2 Å². The molecule has 0 amide bonds. The fourth-order valence-corrected chi connectivity index (χ4v) is 3.91. The number of aliphatic hydroxyl groups excluding tert-OH is 2. The van der Waals surface area contributed by atoms with Gasteiger partial charge in [0.25, 0.3) is 0 Å². The molecular formula is C30H44N2O2. The summed E-state index contributed by atoms with van der Waals surface area (Å²) in [7, 11) is 0. The van der Waals surface area contributed by atoms with Gasteiger partial charge in [0.15, 0.2) is 0 Å². The first-order valence-corrected chi connectivity index (χ1v) is 12.3. The maximum absolute atomic E-state index is 9.42. The minimum atomic E-state index is 0.152. The zero-order valence-corrected chi connectivity index (χ0v) is 22.0. The molecule has 0 saturated carbocycles. The molecule has 0 atom stereocenters. The van der Waals surface area contributed by atoms with Crippen molar-refractivity contribution in [2.24, 2.45) is 10.8 Å². The van der Waals surface area contributed by atoms with Crippen molar-refractivity contribution in [3.8, 4) is 0 Å². The molecule has 2 N–H and O–H groups in total. The number of hydrogen-bond donors (Lipinski definition) is 2. The third kappa shape index (κ3) is 10.1. The van der Waals surface area contributed by atoms with Crippen LogP contribution in [0, 0.1) is 10.8 Å². The monoisotopic (exact) mass is 464 g/mol. The van der Waals surface area contributed by atoms with Gasteiger partial charge in [-0.2, -0.15) is 0 Å². The molecule has 0 radical (unpaired) electrons. The second kappa shape index (κ2) is 12.8. The summed E-state index contributed by atoms with van der Waals surface area (Å²) in [4.78, 5) is 4.47. The lowest BCUT2D eigenvalue weighted by molar-refractivity contribution is 0.293. The number of aliphatic hydroxyl groups is 2. The van der Waals surface area contributed by atoms with Crippen LogP contribution in [0.25, 0.3) is 12.2 Å². The molecule has 0 heterocycles. The molecule has 0 aliphatic heterocycles. The Morgan fingerprint density at radius 1 is 0.588 bits per heavy atom. The second-order valence-corrected chi connectivity index (χ2v) is 11.3. The summed E-state index contributed by atoms with van der Waals surface area (Å²) in [6, 6.07) is 17.0. The molecule has 0 spiro atoms. The summed E-state index contributed by atoms with van der Waals surface area (Å²) < 4.78 is 0. The molecule has 0 aromatic heterocycles. The highest BCUT2D eigenvalue weighted by molar-refractivity contribution is 5.61. The highest BCUT2D eigenvalue weighted by Crippen LogP contribution is 2.23. The molecule has 4 heteroatoms. The Morgan fingerprint density at radius 3 is 1.18 bits per heavy atom. The van der Waals surface area contributed by atoms with E-state index in [2.05, 4.69) is 124 Å². The van der Waals surface area contributed by atoms with Gasteiger partial charge in [0.05, 0.1) is 13.2 Å². The summed E-state index contributed by atoms with van der Waals surface area (Å²) >= 11 is 0. The molecular weight excluding hydrogens is 420 g/mol. The van der Waals surface area contributed by atoms with Gasteiger partial charge in [-0.15, -0.1) is 0 Å². The van der Waals surface area contributed by atoms with E-state index >= 15 is 0 Å². The van der Waals surface area contributed by atoms with Crippen LogP contribution in [0.15, 0.2) is 60.7 Å². The van der Waals surface area contributed by atoms with Crippen molar-refractivity contribution >= 4 is 23.5 Å². The molecule has 0 aliphatic carbocycles. The van der Waals surface area contributed by atoms with Gasteiger partial charge in [-0.25, -0.2) is 0 Å². The summed E-state index contributed by atoms with van der Waals surface area (Å²) in [5, 5.41) is 18.8. The molecule has 0 saturated heterocycles. The van der Waals surface area contributed by atoms with Crippen LogP contribution in [-0.4, -0.2) is 49.6 Å². The highest BCUT2D eigenvalue weighted by atomic mass is 16.3. The molecule has 186 valence electrons. The topological polar surface area (TPSA) is 46.9 Å². The SMILES string of the molecule is CC(C)(C)CN(CCO)c1ccc(/C=C/C=C/c2ccc(N(CCO)CC(C)(C)C)cc2)cc1. The zero-order valence-electron chi connectivity index (χ0n) is 22.0. The van der Waals surface area contributed by atoms with Crippen LogP contribution in [0.4, 0.5) is 11.4 Å². The molecule has 0 unspecified atom stereocenters. The van der Waals surface area contributed by atoms with E-state index in [0.717, 1.165) is 35.6 Å². The average molecular weight is 465 g/mol. The van der Waals surface area contributed by atoms with Crippen LogP contribution >= 0.6 is 0 Å². The maximum Gasteiger partial charge on any atom is 0.0606 e. The van der Waals surface area contributed by atoms with Gasteiger partial charge in [-0.1, -0.05) is 90.1 Å². The molecule has 0 aliphatic rings. The predicted octanol–water partition coefficient (Wildman–Crippen LogP) is 6.10. The lowest BCUT2D eigenvalue weighted by Gasteiger charge is -2.31. The van der Waals surface area contributed by atoms with Crippen LogP contribution in [-0.2, 0) is 0 Å². The molecule has 4 nitrogen and oxygen atoms in total. The molecule has 2 rings (SSSR count). The van der Waals surface area contributed by atoms with E-state index in [1.807, 2.05) is 0 Å². The van der Waals surface area contributed by atoms with E-state index in [0.29, 0.717) is 13.1 Å². The first-order chi connectivity index (χ1) is 16.0. The van der Waals surface area contributed by atoms with Crippen LogP contribution in [0.5, 0.6) is 0 Å². The number of anilines is 2. The predicted molar refractivity (Wildman–Crippen MR) is 148 cm³/mol. The number of hydrogen-bond acceptors (Lipinski definition) is 4. The van der Waals surface area contributed by atoms with E-state index in [-0.39, 0.29) is 24.0 Å². The van der Waals surface area contributed by atoms with Crippen molar-refractivity contribution in [1.82, 2.24) is 0 Å². The fourth-order valence-electron chi connectivity index (χ4n) is 3.91. The van der Waals surface area contributed by atoms with Crippen molar-refractivity contribution in [3.05, 3.63) is 71.8 Å². The van der Waals surface area contributed by atoms with Gasteiger partial charge in [0.2, 0.25) is 0 Å². The quantitative estimate of drug-likeness (QED) is 0.394. The summed E-state index contributed by atoms with van der Waals surface area (Å²) in [6.07, 6.45) is 8.31. The van der Waals surface area contributed by atoms with Gasteiger partial charge in [0.1, 0.15) is 0 Å².